The molecule has 2 aliphatic carbocycles. The van der Waals surface area contributed by atoms with Crippen LogP contribution in [0.25, 0.3) is 0 Å². The van der Waals surface area contributed by atoms with Gasteiger partial charge in [0, 0.05) is 22.3 Å². The average Bonchev–Trinajstić information content (AvgIpc) is 3.08. The molecule has 0 heterocycles. The maximum absolute atomic E-state index is 12.5. The second-order valence-electron chi connectivity index (χ2n) is 6.80. The third-order valence-electron chi connectivity index (χ3n) is 4.93. The number of ketones is 4. The van der Waals surface area contributed by atoms with Crippen molar-refractivity contribution in [2.75, 3.05) is 0 Å². The van der Waals surface area contributed by atoms with E-state index in [1.807, 2.05) is 0 Å². The van der Waals surface area contributed by atoms with Gasteiger partial charge in [0.15, 0.2) is 23.1 Å². The van der Waals surface area contributed by atoms with Crippen molar-refractivity contribution in [1.82, 2.24) is 0 Å². The minimum absolute atomic E-state index is 0.0121. The van der Waals surface area contributed by atoms with E-state index in [2.05, 4.69) is 0 Å². The Hall–Kier alpha value is -2.50. The zero-order valence-corrected chi connectivity index (χ0v) is 18.5. The van der Waals surface area contributed by atoms with Crippen LogP contribution in [0, 0.1) is 0 Å². The zero-order valence-electron chi connectivity index (χ0n) is 15.5. The molecular weight excluding hydrogens is 482 g/mol. The van der Waals surface area contributed by atoms with Gasteiger partial charge in [0.25, 0.3) is 0 Å². The third kappa shape index (κ3) is 3.70. The zero-order chi connectivity index (χ0) is 22.4. The van der Waals surface area contributed by atoms with E-state index in [0.717, 1.165) is 0 Å². The van der Waals surface area contributed by atoms with E-state index in [0.29, 0.717) is 0 Å². The van der Waals surface area contributed by atoms with E-state index in [-0.39, 0.29) is 59.9 Å². The first-order valence-electron chi connectivity index (χ1n) is 8.94. The number of hydrogen-bond acceptors (Lipinski definition) is 4. The van der Waals surface area contributed by atoms with Crippen LogP contribution in [0.2, 0.25) is 20.1 Å². The van der Waals surface area contributed by atoms with Gasteiger partial charge >= 0.3 is 0 Å². The lowest BCUT2D eigenvalue weighted by Crippen LogP contribution is -2.00. The van der Waals surface area contributed by atoms with E-state index in [4.69, 9.17) is 46.4 Å². The number of benzene rings is 2. The van der Waals surface area contributed by atoms with Crippen LogP contribution in [-0.4, -0.2) is 23.1 Å². The van der Waals surface area contributed by atoms with Crippen molar-refractivity contribution in [2.45, 2.75) is 6.42 Å². The number of Topliss-reactive ketones (excluding diaryl/α,β-unsaturated/α-hetero) is 4. The Balaban J connectivity index is 1.51. The number of halogens is 4. The molecule has 2 aromatic rings. The van der Waals surface area contributed by atoms with Crippen molar-refractivity contribution in [2.24, 2.45) is 0 Å². The largest absolute Gasteiger partial charge is 0.288 e. The van der Waals surface area contributed by atoms with Gasteiger partial charge in [-0.1, -0.05) is 64.6 Å². The van der Waals surface area contributed by atoms with Crippen molar-refractivity contribution in [3.8, 4) is 0 Å². The fourth-order valence-electron chi connectivity index (χ4n) is 3.40. The van der Waals surface area contributed by atoms with Gasteiger partial charge in [-0.2, -0.15) is 0 Å². The van der Waals surface area contributed by atoms with Gasteiger partial charge in [-0.15, -0.1) is 0 Å². The first-order chi connectivity index (χ1) is 14.7. The van der Waals surface area contributed by atoms with Gasteiger partial charge in [0.1, 0.15) is 0 Å². The highest BCUT2D eigenvalue weighted by atomic mass is 35.5. The predicted octanol–water partition coefficient (Wildman–Crippen LogP) is 6.56. The third-order valence-corrected chi connectivity index (χ3v) is 6.38. The van der Waals surface area contributed by atoms with Gasteiger partial charge in [-0.25, -0.2) is 0 Å². The summed E-state index contributed by atoms with van der Waals surface area (Å²) in [4.78, 5) is 49.9. The van der Waals surface area contributed by atoms with Crippen molar-refractivity contribution < 1.29 is 19.2 Å². The second-order valence-corrected chi connectivity index (χ2v) is 8.43. The highest BCUT2D eigenvalue weighted by Gasteiger charge is 2.34. The van der Waals surface area contributed by atoms with Crippen molar-refractivity contribution >= 4 is 69.5 Å². The number of hydrogen-bond donors (Lipinski definition) is 0. The molecule has 0 saturated carbocycles. The van der Waals surface area contributed by atoms with Crippen molar-refractivity contribution in [3.05, 3.63) is 102 Å². The van der Waals surface area contributed by atoms with Gasteiger partial charge < -0.3 is 0 Å². The highest BCUT2D eigenvalue weighted by molar-refractivity contribution is 6.46. The molecule has 4 rings (SSSR count). The van der Waals surface area contributed by atoms with Crippen LogP contribution >= 0.6 is 46.4 Å². The van der Waals surface area contributed by atoms with Gasteiger partial charge in [0.2, 0.25) is 0 Å². The highest BCUT2D eigenvalue weighted by Crippen LogP contribution is 2.34. The van der Waals surface area contributed by atoms with E-state index in [9.17, 15) is 19.2 Å². The van der Waals surface area contributed by atoms with E-state index < -0.39 is 23.1 Å². The lowest BCUT2D eigenvalue weighted by molar-refractivity contribution is 0.0973. The SMILES string of the molecule is O=C1C(=CC=CCC=C2C(=O)c3cc(Cl)c(Cl)cc3C2=O)C(=O)c2cc(Cl)c(Cl)cc21. The van der Waals surface area contributed by atoms with Gasteiger partial charge in [-0.05, 0) is 36.8 Å². The van der Waals surface area contributed by atoms with Crippen molar-refractivity contribution in [3.63, 3.8) is 0 Å². The molecule has 0 amide bonds. The van der Waals surface area contributed by atoms with Crippen LogP contribution < -0.4 is 0 Å². The molecule has 0 aliphatic heterocycles. The first kappa shape index (κ1) is 21.7. The fraction of sp³-hybridized carbons (Fsp3) is 0.0435. The van der Waals surface area contributed by atoms with Crippen LogP contribution in [0.5, 0.6) is 0 Å². The number of fused-ring (bicyclic) bond motifs is 2. The quantitative estimate of drug-likeness (QED) is 0.360. The van der Waals surface area contributed by atoms with Crippen molar-refractivity contribution in [1.29, 1.82) is 0 Å². The molecule has 154 valence electrons. The Morgan fingerprint density at radius 3 is 1.32 bits per heavy atom. The standard InChI is InChI=1S/C23H10Cl4O4/c24-16-6-12-13(7-17(16)25)21(29)10(20(12)28)4-2-1-3-5-11-22(30)14-8-18(26)19(27)9-15(14)23(11)31/h1-2,4-9H,3H2. The normalized spacial score (nSPS) is 15.2. The molecule has 2 aliphatic rings. The maximum atomic E-state index is 12.5. The summed E-state index contributed by atoms with van der Waals surface area (Å²) in [6, 6.07) is 5.52. The summed E-state index contributed by atoms with van der Waals surface area (Å²) in [5.74, 6) is -1.72. The summed E-state index contributed by atoms with van der Waals surface area (Å²) in [5.41, 5.74) is 0.858. The molecule has 0 radical (unpaired) electrons. The van der Waals surface area contributed by atoms with E-state index >= 15 is 0 Å². The molecule has 0 bridgehead atoms. The average molecular weight is 492 g/mol. The van der Waals surface area contributed by atoms with Gasteiger partial charge in [0.05, 0.1) is 31.2 Å². The lowest BCUT2D eigenvalue weighted by atomic mass is 10.1. The molecule has 4 nitrogen and oxygen atoms in total. The molecule has 0 fully saturated rings. The molecule has 0 spiro atoms. The number of carbonyl (C=O) groups is 4. The Kier molecular flexibility index (Phi) is 5.75. The molecule has 2 aromatic carbocycles. The smallest absolute Gasteiger partial charge is 0.197 e. The van der Waals surface area contributed by atoms with Crippen LogP contribution in [0.1, 0.15) is 47.9 Å². The number of carbonyl (C=O) groups excluding carboxylic acids is 4. The molecule has 0 N–H and O–H groups in total. The lowest BCUT2D eigenvalue weighted by Gasteiger charge is -1.98. The van der Waals surface area contributed by atoms with E-state index in [1.54, 1.807) is 6.08 Å². The fourth-order valence-corrected chi connectivity index (χ4v) is 4.05. The summed E-state index contributed by atoms with van der Waals surface area (Å²) in [5, 5.41) is 0.784. The molecule has 0 saturated heterocycles. The molecule has 0 unspecified atom stereocenters. The Morgan fingerprint density at radius 1 is 0.581 bits per heavy atom. The summed E-state index contributed by atoms with van der Waals surface area (Å²) in [7, 11) is 0. The Labute approximate surface area is 196 Å². The molecule has 8 heteroatoms. The van der Waals surface area contributed by atoms with E-state index in [1.165, 1.54) is 42.5 Å². The predicted molar refractivity (Wildman–Crippen MR) is 120 cm³/mol. The topological polar surface area (TPSA) is 68.3 Å². The molecule has 0 atom stereocenters. The van der Waals surface area contributed by atoms with Crippen LogP contribution in [0.4, 0.5) is 0 Å². The van der Waals surface area contributed by atoms with Gasteiger partial charge in [-0.3, -0.25) is 19.2 Å². The first-order valence-corrected chi connectivity index (χ1v) is 10.5. The Bertz CT molecular complexity index is 1230. The molecule has 31 heavy (non-hydrogen) atoms. The summed E-state index contributed by atoms with van der Waals surface area (Å²) >= 11 is 23.7. The maximum Gasteiger partial charge on any atom is 0.197 e. The Morgan fingerprint density at radius 2 is 0.935 bits per heavy atom. The summed E-state index contributed by atoms with van der Waals surface area (Å²) in [6.07, 6.45) is 6.24. The summed E-state index contributed by atoms with van der Waals surface area (Å²) in [6.45, 7) is 0. The van der Waals surface area contributed by atoms with Crippen LogP contribution in [0.15, 0.2) is 59.7 Å². The number of rotatable bonds is 3. The molecule has 0 aromatic heterocycles. The second kappa shape index (κ2) is 8.21. The number of allylic oxidation sites excluding steroid dienone is 6. The molecular formula is C23H10Cl4O4. The van der Waals surface area contributed by atoms with Crippen LogP contribution in [0.3, 0.4) is 0 Å². The minimum Gasteiger partial charge on any atom is -0.288 e. The monoisotopic (exact) mass is 490 g/mol. The van der Waals surface area contributed by atoms with Crippen LogP contribution in [-0.2, 0) is 0 Å². The minimum atomic E-state index is -0.438. The summed E-state index contributed by atoms with van der Waals surface area (Å²) < 4.78 is 0.